The van der Waals surface area contributed by atoms with Crippen LogP contribution in [0.25, 0.3) is 10.1 Å². The molecule has 0 fully saturated rings. The Balaban J connectivity index is 1.20. The molecule has 0 atom stereocenters. The van der Waals surface area contributed by atoms with Gasteiger partial charge in [-0.3, -0.25) is 0 Å². The fraction of sp³-hybridized carbons (Fsp3) is 0.267. The molecule has 3 heterocycles. The van der Waals surface area contributed by atoms with E-state index in [0.29, 0.717) is 0 Å². The highest BCUT2D eigenvalue weighted by Gasteiger charge is 2.46. The van der Waals surface area contributed by atoms with Crippen LogP contribution in [0.5, 0.6) is 0 Å². The predicted molar refractivity (Wildman–Crippen MR) is 283 cm³/mol. The number of nitrogens with zero attached hydrogens (tertiary/aromatic N) is 3. The van der Waals surface area contributed by atoms with E-state index in [1.807, 2.05) is 11.3 Å². The molecule has 0 N–H and O–H groups in total. The number of thiophene rings is 1. The zero-order chi connectivity index (χ0) is 45.2. The van der Waals surface area contributed by atoms with Gasteiger partial charge in [-0.05, 0) is 153 Å². The largest absolute Gasteiger partial charge is 0.311 e. The summed E-state index contributed by atoms with van der Waals surface area (Å²) in [6.45, 7) is 23.7. The fourth-order valence-electron chi connectivity index (χ4n) is 11.0. The highest BCUT2D eigenvalue weighted by atomic mass is 32.1. The van der Waals surface area contributed by atoms with Crippen LogP contribution in [0.4, 0.5) is 51.2 Å². The molecular formula is C60H60BN3S. The van der Waals surface area contributed by atoms with Crippen molar-refractivity contribution in [2.75, 3.05) is 14.7 Å². The summed E-state index contributed by atoms with van der Waals surface area (Å²) < 4.78 is 2.74. The van der Waals surface area contributed by atoms with Crippen molar-refractivity contribution in [3.8, 4) is 0 Å². The topological polar surface area (TPSA) is 9.72 Å². The number of benzene rings is 7. The third kappa shape index (κ3) is 6.75. The van der Waals surface area contributed by atoms with Crippen LogP contribution in [0.1, 0.15) is 104 Å². The van der Waals surface area contributed by atoms with Gasteiger partial charge in [-0.15, -0.1) is 11.3 Å². The van der Waals surface area contributed by atoms with Crippen molar-refractivity contribution < 1.29 is 0 Å². The quantitative estimate of drug-likeness (QED) is 0.160. The molecule has 324 valence electrons. The average Bonchev–Trinajstić information content (AvgIpc) is 3.67. The van der Waals surface area contributed by atoms with E-state index in [1.54, 1.807) is 0 Å². The molecule has 8 aromatic rings. The van der Waals surface area contributed by atoms with Crippen molar-refractivity contribution >= 4 is 95.0 Å². The molecule has 1 aromatic heterocycles. The SMILES string of the molecule is CC(C)(C)c1ccc(N2c3cc(N(c4ccccc4)c4ccccc4)ccc3B3c4sc5ccc(C(C)(C)C)cc5c4N(c4ccc5c(c4)C(C)(C)CCC5(C)C)c4cccc2c43)cc1. The lowest BCUT2D eigenvalue weighted by Gasteiger charge is -2.45. The fourth-order valence-corrected chi connectivity index (χ4v) is 12.3. The average molecular weight is 866 g/mol. The van der Waals surface area contributed by atoms with Gasteiger partial charge >= 0.3 is 0 Å². The van der Waals surface area contributed by atoms with Crippen LogP contribution in [-0.2, 0) is 21.7 Å². The maximum atomic E-state index is 2.65. The van der Waals surface area contributed by atoms with Gasteiger partial charge in [0.25, 0.3) is 6.71 Å². The van der Waals surface area contributed by atoms with Gasteiger partial charge in [-0.1, -0.05) is 142 Å². The van der Waals surface area contributed by atoms with Gasteiger partial charge in [-0.25, -0.2) is 0 Å². The Kier molecular flexibility index (Phi) is 9.45. The Morgan fingerprint density at radius 1 is 0.508 bits per heavy atom. The van der Waals surface area contributed by atoms with Crippen molar-refractivity contribution in [1.29, 1.82) is 0 Å². The number of anilines is 9. The first-order chi connectivity index (χ1) is 31.0. The monoisotopic (exact) mass is 865 g/mol. The summed E-state index contributed by atoms with van der Waals surface area (Å²) >= 11 is 1.98. The van der Waals surface area contributed by atoms with E-state index in [9.17, 15) is 0 Å². The minimum Gasteiger partial charge on any atom is -0.311 e. The normalized spacial score (nSPS) is 15.9. The van der Waals surface area contributed by atoms with Crippen LogP contribution in [0, 0.1) is 0 Å². The molecule has 0 saturated heterocycles. The van der Waals surface area contributed by atoms with Gasteiger partial charge in [0.05, 0.1) is 5.69 Å². The van der Waals surface area contributed by atoms with Crippen LogP contribution in [-0.4, -0.2) is 6.71 Å². The summed E-state index contributed by atoms with van der Waals surface area (Å²) in [5.74, 6) is 0. The molecule has 0 radical (unpaired) electrons. The highest BCUT2D eigenvalue weighted by molar-refractivity contribution is 7.33. The Morgan fingerprint density at radius 3 is 1.72 bits per heavy atom. The van der Waals surface area contributed by atoms with Crippen LogP contribution in [0.15, 0.2) is 158 Å². The van der Waals surface area contributed by atoms with E-state index in [4.69, 9.17) is 0 Å². The third-order valence-corrected chi connectivity index (χ3v) is 16.0. The molecule has 65 heavy (non-hydrogen) atoms. The summed E-state index contributed by atoms with van der Waals surface area (Å²) in [6.07, 6.45) is 2.37. The minimum atomic E-state index is 0.00920. The van der Waals surface area contributed by atoms with Gasteiger partial charge in [0.1, 0.15) is 0 Å². The summed E-state index contributed by atoms with van der Waals surface area (Å²) in [5.41, 5.74) is 19.4. The van der Waals surface area contributed by atoms with Crippen molar-refractivity contribution in [2.24, 2.45) is 0 Å². The van der Waals surface area contributed by atoms with E-state index >= 15 is 0 Å². The van der Waals surface area contributed by atoms with Crippen molar-refractivity contribution in [3.63, 3.8) is 0 Å². The Morgan fingerprint density at radius 2 is 1.09 bits per heavy atom. The van der Waals surface area contributed by atoms with E-state index in [2.05, 4.69) is 242 Å². The molecule has 0 spiro atoms. The predicted octanol–water partition coefficient (Wildman–Crippen LogP) is 15.4. The molecule has 3 aliphatic rings. The zero-order valence-electron chi connectivity index (χ0n) is 39.8. The molecule has 7 aromatic carbocycles. The molecule has 5 heteroatoms. The number of hydrogen-bond acceptors (Lipinski definition) is 4. The molecule has 0 bridgehead atoms. The first kappa shape index (κ1) is 41.7. The molecule has 0 amide bonds. The molecule has 0 unspecified atom stereocenters. The minimum absolute atomic E-state index is 0.00920. The lowest BCUT2D eigenvalue weighted by Crippen LogP contribution is -2.60. The molecule has 2 aliphatic heterocycles. The van der Waals surface area contributed by atoms with E-state index < -0.39 is 0 Å². The van der Waals surface area contributed by atoms with Crippen LogP contribution in [0.3, 0.4) is 0 Å². The Bertz CT molecular complexity index is 3090. The van der Waals surface area contributed by atoms with Gasteiger partial charge < -0.3 is 14.7 Å². The first-order valence-corrected chi connectivity index (χ1v) is 24.4. The molecular weight excluding hydrogens is 806 g/mol. The molecule has 3 nitrogen and oxygen atoms in total. The second-order valence-corrected chi connectivity index (χ2v) is 23.2. The van der Waals surface area contributed by atoms with Gasteiger partial charge in [0.15, 0.2) is 0 Å². The van der Waals surface area contributed by atoms with Crippen LogP contribution in [0.2, 0.25) is 0 Å². The number of fused-ring (bicyclic) bond motifs is 7. The Hall–Kier alpha value is -6.04. The molecule has 11 rings (SSSR count). The van der Waals surface area contributed by atoms with Gasteiger partial charge in [-0.2, -0.15) is 0 Å². The zero-order valence-corrected chi connectivity index (χ0v) is 40.6. The number of hydrogen-bond donors (Lipinski definition) is 0. The third-order valence-electron chi connectivity index (χ3n) is 14.8. The van der Waals surface area contributed by atoms with Crippen molar-refractivity contribution in [3.05, 3.63) is 180 Å². The van der Waals surface area contributed by atoms with E-state index in [1.165, 1.54) is 89.3 Å². The summed E-state index contributed by atoms with van der Waals surface area (Å²) in [4.78, 5) is 7.61. The van der Waals surface area contributed by atoms with E-state index in [-0.39, 0.29) is 28.4 Å². The maximum absolute atomic E-state index is 2.65. The molecule has 1 aliphatic carbocycles. The second-order valence-electron chi connectivity index (χ2n) is 22.1. The maximum Gasteiger partial charge on any atom is 0.264 e. The summed E-state index contributed by atoms with van der Waals surface area (Å²) in [5, 5.41) is 1.34. The van der Waals surface area contributed by atoms with E-state index in [0.717, 1.165) is 22.7 Å². The van der Waals surface area contributed by atoms with Gasteiger partial charge in [0.2, 0.25) is 0 Å². The highest BCUT2D eigenvalue weighted by Crippen LogP contribution is 2.52. The van der Waals surface area contributed by atoms with Crippen molar-refractivity contribution in [1.82, 2.24) is 0 Å². The lowest BCUT2D eigenvalue weighted by molar-refractivity contribution is 0.332. The number of rotatable bonds is 5. The second kappa shape index (κ2) is 14.7. The summed E-state index contributed by atoms with van der Waals surface area (Å²) in [6, 6.07) is 60.0. The smallest absolute Gasteiger partial charge is 0.264 e. The van der Waals surface area contributed by atoms with Crippen LogP contribution >= 0.6 is 11.3 Å². The summed E-state index contributed by atoms with van der Waals surface area (Å²) in [7, 11) is 0. The standard InChI is InChI=1S/C60H60BN3S/c1-57(2,3)39-24-27-43(28-25-39)63-50-22-17-23-51-54(50)61(49-32-30-45(38-52(49)63)62(41-18-13-11-14-19-41)42-20-15-12-16-21-42)56-55(46-36-40(58(4,5)6)26-33-53(46)65-56)64(51)44-29-31-47-48(37-44)60(9,10)35-34-59(47,7)8/h11-33,36-38H,34-35H2,1-10H3. The number of para-hydroxylation sites is 2. The van der Waals surface area contributed by atoms with Crippen LogP contribution < -0.4 is 30.4 Å². The van der Waals surface area contributed by atoms with Crippen molar-refractivity contribution in [2.45, 2.75) is 104 Å². The lowest BCUT2D eigenvalue weighted by atomic mass is 9.36. The van der Waals surface area contributed by atoms with Gasteiger partial charge in [0, 0.05) is 60.4 Å². The molecule has 0 saturated carbocycles. The first-order valence-electron chi connectivity index (χ1n) is 23.6. The Labute approximate surface area is 391 Å².